The molecular formula is C27H46O. The molecule has 0 aliphatic heterocycles. The van der Waals surface area contributed by atoms with Gasteiger partial charge in [0.25, 0.3) is 0 Å². The number of hydrogen-bond acceptors (Lipinski definition) is 1. The van der Waals surface area contributed by atoms with Crippen LogP contribution in [0.15, 0.2) is 11.6 Å². The zero-order valence-electron chi connectivity index (χ0n) is 24.8. The average Bonchev–Trinajstić information content (AvgIpc) is 3.03. The van der Waals surface area contributed by atoms with Crippen LogP contribution in [0.3, 0.4) is 0 Å². The van der Waals surface area contributed by atoms with Gasteiger partial charge in [-0.25, -0.2) is 0 Å². The second-order valence-corrected chi connectivity index (χ2v) is 11.4. The van der Waals surface area contributed by atoms with E-state index in [0.717, 1.165) is 25.2 Å². The molecule has 4 aliphatic carbocycles. The van der Waals surface area contributed by atoms with Crippen molar-refractivity contribution in [1.29, 1.82) is 0 Å². The average molecular weight is 393 g/mol. The van der Waals surface area contributed by atoms with Crippen molar-refractivity contribution in [2.75, 3.05) is 0 Å². The monoisotopic (exact) mass is 392 g/mol. The summed E-state index contributed by atoms with van der Waals surface area (Å²) in [5.41, 5.74) is -0.396. The van der Waals surface area contributed by atoms with Crippen molar-refractivity contribution >= 4 is 0 Å². The Bertz CT molecular complexity index is 835. The summed E-state index contributed by atoms with van der Waals surface area (Å²) in [5, 5.41) is 10.7. The van der Waals surface area contributed by atoms with Gasteiger partial charge in [0.1, 0.15) is 0 Å². The maximum Gasteiger partial charge on any atom is 0.0604 e. The number of rotatable bonds is 5. The van der Waals surface area contributed by atoms with Gasteiger partial charge in [0.05, 0.1) is 8.82 Å². The third kappa shape index (κ3) is 3.42. The molecule has 1 N–H and O–H groups in total. The number of allylic oxidation sites excluding steroid dienone is 1. The SMILES string of the molecule is [2H]C1=C2C([2H])([2H])[C@@]([2H])(O)C([2H])([2H])C[C@]2(C)C2CC[C@]3(C)C(C(C)CCCC(C)C)CCC3C2C1. The Morgan fingerprint density at radius 3 is 2.71 bits per heavy atom. The summed E-state index contributed by atoms with van der Waals surface area (Å²) in [6.45, 7) is 11.4. The summed E-state index contributed by atoms with van der Waals surface area (Å²) in [6, 6.07) is 0.215. The molecular weight excluding hydrogens is 340 g/mol. The van der Waals surface area contributed by atoms with Gasteiger partial charge in [-0.2, -0.15) is 0 Å². The Labute approximate surface area is 183 Å². The fourth-order valence-electron chi connectivity index (χ4n) is 7.83. The molecule has 0 amide bonds. The second kappa shape index (κ2) is 7.75. The van der Waals surface area contributed by atoms with E-state index < -0.39 is 24.2 Å². The van der Waals surface area contributed by atoms with Crippen molar-refractivity contribution in [3.8, 4) is 0 Å². The highest BCUT2D eigenvalue weighted by molar-refractivity contribution is 5.25. The summed E-state index contributed by atoms with van der Waals surface area (Å²) in [4.78, 5) is 0. The molecule has 0 spiro atoms. The van der Waals surface area contributed by atoms with Crippen LogP contribution in [0, 0.1) is 46.3 Å². The fraction of sp³-hybridized carbons (Fsp3) is 0.926. The van der Waals surface area contributed by atoms with Crippen LogP contribution in [0.2, 0.25) is 0 Å². The highest BCUT2D eigenvalue weighted by Gasteiger charge is 2.59. The first-order valence-corrected chi connectivity index (χ1v) is 11.9. The molecule has 0 saturated heterocycles. The predicted octanol–water partition coefficient (Wildman–Crippen LogP) is 7.39. The molecule has 0 bridgehead atoms. The molecule has 0 aromatic rings. The molecule has 5 unspecified atom stereocenters. The van der Waals surface area contributed by atoms with Crippen molar-refractivity contribution in [2.24, 2.45) is 46.3 Å². The van der Waals surface area contributed by atoms with E-state index in [1.165, 1.54) is 25.7 Å². The van der Waals surface area contributed by atoms with Crippen LogP contribution < -0.4 is 0 Å². The van der Waals surface area contributed by atoms with Crippen molar-refractivity contribution < 1.29 is 13.3 Å². The first-order chi connectivity index (χ1) is 15.5. The maximum absolute atomic E-state index is 10.7. The summed E-state index contributed by atoms with van der Waals surface area (Å²) in [5.74, 6) is 2.95. The summed E-state index contributed by atoms with van der Waals surface area (Å²) in [7, 11) is 0. The summed E-state index contributed by atoms with van der Waals surface area (Å²) < 4.78 is 51.4. The van der Waals surface area contributed by atoms with E-state index in [-0.39, 0.29) is 35.3 Å². The largest absolute Gasteiger partial charge is 0.393 e. The van der Waals surface area contributed by atoms with Crippen LogP contribution in [-0.4, -0.2) is 11.2 Å². The van der Waals surface area contributed by atoms with E-state index in [0.29, 0.717) is 24.2 Å². The minimum Gasteiger partial charge on any atom is -0.393 e. The van der Waals surface area contributed by atoms with E-state index in [4.69, 9.17) is 8.22 Å². The van der Waals surface area contributed by atoms with Crippen LogP contribution in [0.25, 0.3) is 0 Å². The van der Waals surface area contributed by atoms with Gasteiger partial charge in [-0.3, -0.25) is 0 Å². The van der Waals surface area contributed by atoms with Crippen LogP contribution in [0.5, 0.6) is 0 Å². The Morgan fingerprint density at radius 1 is 1.18 bits per heavy atom. The topological polar surface area (TPSA) is 20.2 Å². The summed E-state index contributed by atoms with van der Waals surface area (Å²) >= 11 is 0. The maximum atomic E-state index is 10.7. The lowest BCUT2D eigenvalue weighted by molar-refractivity contribution is -0.0573. The normalized spacial score (nSPS) is 56.2. The Hall–Kier alpha value is -0.300. The first kappa shape index (κ1) is 14.7. The van der Waals surface area contributed by atoms with E-state index >= 15 is 0 Å². The van der Waals surface area contributed by atoms with Crippen LogP contribution >= 0.6 is 0 Å². The predicted molar refractivity (Wildman–Crippen MR) is 119 cm³/mol. The Morgan fingerprint density at radius 2 is 1.96 bits per heavy atom. The van der Waals surface area contributed by atoms with Crippen LogP contribution in [0.1, 0.15) is 113 Å². The zero-order valence-corrected chi connectivity index (χ0v) is 18.8. The van der Waals surface area contributed by atoms with Crippen molar-refractivity contribution in [3.05, 3.63) is 11.6 Å². The highest BCUT2D eigenvalue weighted by atomic mass is 16.3. The van der Waals surface area contributed by atoms with Gasteiger partial charge in [-0.15, -0.1) is 0 Å². The Kier molecular flexibility index (Phi) is 4.06. The van der Waals surface area contributed by atoms with Crippen molar-refractivity contribution in [3.63, 3.8) is 0 Å². The van der Waals surface area contributed by atoms with Crippen molar-refractivity contribution in [2.45, 2.75) is 111 Å². The molecule has 4 rings (SSSR count). The third-order valence-corrected chi connectivity index (χ3v) is 9.41. The lowest BCUT2D eigenvalue weighted by atomic mass is 9.47. The number of fused-ring (bicyclic) bond motifs is 5. The molecule has 3 saturated carbocycles. The summed E-state index contributed by atoms with van der Waals surface area (Å²) in [6.07, 6.45) is 0.782. The number of aliphatic hydroxyl groups is 1. The molecule has 28 heavy (non-hydrogen) atoms. The van der Waals surface area contributed by atoms with Crippen LogP contribution in [0.4, 0.5) is 0 Å². The van der Waals surface area contributed by atoms with Gasteiger partial charge in [-0.1, -0.05) is 65.5 Å². The fourth-order valence-corrected chi connectivity index (χ4v) is 7.83. The Balaban J connectivity index is 1.65. The zero-order chi connectivity index (χ0) is 25.5. The van der Waals surface area contributed by atoms with Gasteiger partial charge in [0, 0.05) is 5.48 Å². The third-order valence-electron chi connectivity index (χ3n) is 9.41. The minimum absolute atomic E-state index is 0.0865. The molecule has 1 heteroatoms. The standard InChI is InChI=1S/C27H46O/c1-18(2)7-6-8-19(3)23-11-12-24-22-10-9-20-17-21(28)13-15-26(20,4)25(22)14-16-27(23,24)5/h9,18-19,21-25,28H,6-8,10-17H2,1-5H3/t19?,21-,22?,23?,24?,25?,26-,27+/m0/s1/i9D,13D2,17D2,21D. The van der Waals surface area contributed by atoms with Gasteiger partial charge in [0.2, 0.25) is 0 Å². The molecule has 1 nitrogen and oxygen atoms in total. The molecule has 0 aromatic carbocycles. The van der Waals surface area contributed by atoms with Gasteiger partial charge < -0.3 is 5.11 Å². The highest BCUT2D eigenvalue weighted by Crippen LogP contribution is 2.67. The molecule has 8 atom stereocenters. The van der Waals surface area contributed by atoms with Crippen LogP contribution in [-0.2, 0) is 0 Å². The molecule has 0 aromatic heterocycles. The van der Waals surface area contributed by atoms with Gasteiger partial charge in [0.15, 0.2) is 0 Å². The van der Waals surface area contributed by atoms with E-state index in [1.807, 2.05) is 6.92 Å². The van der Waals surface area contributed by atoms with Gasteiger partial charge in [-0.05, 0) is 97.6 Å². The van der Waals surface area contributed by atoms with Crippen molar-refractivity contribution in [1.82, 2.24) is 0 Å². The van der Waals surface area contributed by atoms with Gasteiger partial charge >= 0.3 is 0 Å². The molecule has 0 radical (unpaired) electrons. The second-order valence-electron chi connectivity index (χ2n) is 11.4. The molecule has 4 aliphatic rings. The van der Waals surface area contributed by atoms with E-state index in [2.05, 4.69) is 27.7 Å². The molecule has 160 valence electrons. The molecule has 3 fully saturated rings. The van der Waals surface area contributed by atoms with E-state index in [9.17, 15) is 5.11 Å². The minimum atomic E-state index is -2.89. The first-order valence-electron chi connectivity index (χ1n) is 14.9. The van der Waals surface area contributed by atoms with E-state index in [1.54, 1.807) is 0 Å². The smallest absolute Gasteiger partial charge is 0.0604 e. The quantitative estimate of drug-likeness (QED) is 0.484. The molecule has 0 heterocycles. The lowest BCUT2D eigenvalue weighted by Gasteiger charge is -2.58. The number of hydrogen-bond donors (Lipinski definition) is 1. The lowest BCUT2D eigenvalue weighted by Crippen LogP contribution is -2.50.